The number of nitrogens with zero attached hydrogens (tertiary/aromatic N) is 2. The van der Waals surface area contributed by atoms with E-state index in [9.17, 15) is 9.18 Å². The van der Waals surface area contributed by atoms with Crippen LogP contribution >= 0.6 is 0 Å². The van der Waals surface area contributed by atoms with Gasteiger partial charge in [0.05, 0.1) is 12.2 Å². The van der Waals surface area contributed by atoms with Crippen LogP contribution in [0, 0.1) is 12.7 Å². The molecule has 0 bridgehead atoms. The van der Waals surface area contributed by atoms with Crippen LogP contribution in [0.1, 0.15) is 18.3 Å². The summed E-state index contributed by atoms with van der Waals surface area (Å²) in [4.78, 5) is 20.0. The topological polar surface area (TPSA) is 64.1 Å². The maximum atomic E-state index is 12.8. The first kappa shape index (κ1) is 14.9. The second kappa shape index (κ2) is 6.78. The molecule has 1 atom stereocenters. The minimum atomic E-state index is -0.682. The van der Waals surface area contributed by atoms with E-state index in [2.05, 4.69) is 15.3 Å². The predicted octanol–water partition coefficient (Wildman–Crippen LogP) is 2.01. The number of benzene rings is 1. The zero-order valence-corrected chi connectivity index (χ0v) is 11.8. The average Bonchev–Trinajstić information content (AvgIpc) is 2.47. The van der Waals surface area contributed by atoms with Gasteiger partial charge in [0.25, 0.3) is 5.91 Å². The molecule has 0 aliphatic carbocycles. The third kappa shape index (κ3) is 4.52. The molecule has 5 nitrogen and oxygen atoms in total. The van der Waals surface area contributed by atoms with E-state index in [-0.39, 0.29) is 11.7 Å². The lowest BCUT2D eigenvalue weighted by molar-refractivity contribution is -0.127. The van der Waals surface area contributed by atoms with Crippen molar-refractivity contribution in [2.45, 2.75) is 26.5 Å². The minimum Gasteiger partial charge on any atom is -0.481 e. The van der Waals surface area contributed by atoms with Gasteiger partial charge in [-0.1, -0.05) is 0 Å². The van der Waals surface area contributed by atoms with E-state index in [0.29, 0.717) is 12.3 Å². The van der Waals surface area contributed by atoms with E-state index in [1.807, 2.05) is 6.92 Å². The summed E-state index contributed by atoms with van der Waals surface area (Å²) in [6.45, 7) is 3.79. The highest BCUT2D eigenvalue weighted by Crippen LogP contribution is 2.13. The number of aryl methyl sites for hydroxylation is 1. The number of ether oxygens (including phenoxy) is 1. The maximum Gasteiger partial charge on any atom is 0.261 e. The first-order valence-corrected chi connectivity index (χ1v) is 6.52. The molecule has 1 amide bonds. The number of hydrogen-bond donors (Lipinski definition) is 1. The third-order valence-electron chi connectivity index (χ3n) is 2.80. The number of nitrogens with one attached hydrogen (secondary N) is 1. The van der Waals surface area contributed by atoms with Gasteiger partial charge in [0.2, 0.25) is 0 Å². The Morgan fingerprint density at radius 2 is 2.05 bits per heavy atom. The summed E-state index contributed by atoms with van der Waals surface area (Å²) in [5, 5.41) is 2.73. The van der Waals surface area contributed by atoms with Gasteiger partial charge in [0, 0.05) is 5.69 Å². The van der Waals surface area contributed by atoms with Crippen LogP contribution in [0.4, 0.5) is 4.39 Å². The first-order valence-electron chi connectivity index (χ1n) is 6.52. The molecule has 0 spiro atoms. The monoisotopic (exact) mass is 289 g/mol. The lowest BCUT2D eigenvalue weighted by Crippen LogP contribution is -2.36. The highest BCUT2D eigenvalue weighted by molar-refractivity contribution is 5.80. The van der Waals surface area contributed by atoms with Crippen molar-refractivity contribution >= 4 is 5.91 Å². The van der Waals surface area contributed by atoms with Gasteiger partial charge in [-0.25, -0.2) is 14.4 Å². The lowest BCUT2D eigenvalue weighted by Gasteiger charge is -2.14. The molecule has 1 aromatic heterocycles. The van der Waals surface area contributed by atoms with Crippen LogP contribution in [0.15, 0.2) is 36.7 Å². The van der Waals surface area contributed by atoms with E-state index in [1.165, 1.54) is 30.6 Å². The van der Waals surface area contributed by atoms with Crippen LogP contribution in [-0.4, -0.2) is 22.0 Å². The van der Waals surface area contributed by atoms with E-state index < -0.39 is 6.10 Å². The normalized spacial score (nSPS) is 11.8. The summed E-state index contributed by atoms with van der Waals surface area (Å²) in [6, 6.07) is 7.32. The van der Waals surface area contributed by atoms with Crippen molar-refractivity contribution in [2.24, 2.45) is 0 Å². The quantitative estimate of drug-likeness (QED) is 0.914. The van der Waals surface area contributed by atoms with E-state index in [4.69, 9.17) is 4.74 Å². The molecule has 110 valence electrons. The fourth-order valence-electron chi connectivity index (χ4n) is 1.70. The molecule has 1 aromatic carbocycles. The highest BCUT2D eigenvalue weighted by Gasteiger charge is 2.14. The molecule has 21 heavy (non-hydrogen) atoms. The van der Waals surface area contributed by atoms with Gasteiger partial charge in [0.15, 0.2) is 6.10 Å². The molecule has 0 fully saturated rings. The smallest absolute Gasteiger partial charge is 0.261 e. The SMILES string of the molecule is Cc1cc(CNC(=O)C(C)Oc2ccc(F)cc2)ncn1. The van der Waals surface area contributed by atoms with Gasteiger partial charge >= 0.3 is 0 Å². The molecule has 0 radical (unpaired) electrons. The van der Waals surface area contributed by atoms with E-state index in [1.54, 1.807) is 13.0 Å². The third-order valence-corrected chi connectivity index (χ3v) is 2.80. The number of rotatable bonds is 5. The Balaban J connectivity index is 1.86. The summed E-state index contributed by atoms with van der Waals surface area (Å²) < 4.78 is 18.2. The van der Waals surface area contributed by atoms with Gasteiger partial charge in [-0.2, -0.15) is 0 Å². The highest BCUT2D eigenvalue weighted by atomic mass is 19.1. The molecule has 6 heteroatoms. The van der Waals surface area contributed by atoms with Crippen molar-refractivity contribution in [3.05, 3.63) is 53.9 Å². The molecule has 0 aliphatic heterocycles. The Kier molecular flexibility index (Phi) is 4.81. The average molecular weight is 289 g/mol. The summed E-state index contributed by atoms with van der Waals surface area (Å²) in [7, 11) is 0. The molecule has 0 saturated carbocycles. The van der Waals surface area contributed by atoms with Crippen LogP contribution in [0.5, 0.6) is 5.75 Å². The summed E-state index contributed by atoms with van der Waals surface area (Å²) in [6.07, 6.45) is 0.772. The zero-order chi connectivity index (χ0) is 15.2. The number of carbonyl (C=O) groups excluding carboxylic acids is 1. The predicted molar refractivity (Wildman–Crippen MR) is 75.1 cm³/mol. The Morgan fingerprint density at radius 3 is 2.71 bits per heavy atom. The molecular weight excluding hydrogens is 273 g/mol. The molecule has 1 heterocycles. The summed E-state index contributed by atoms with van der Waals surface area (Å²) in [5.74, 6) is -0.175. The number of halogens is 1. The van der Waals surface area contributed by atoms with Crippen molar-refractivity contribution in [2.75, 3.05) is 0 Å². The summed E-state index contributed by atoms with van der Waals surface area (Å²) in [5.41, 5.74) is 1.56. The summed E-state index contributed by atoms with van der Waals surface area (Å²) >= 11 is 0. The van der Waals surface area contributed by atoms with Crippen LogP contribution in [0.25, 0.3) is 0 Å². The van der Waals surface area contributed by atoms with Crippen molar-refractivity contribution in [3.63, 3.8) is 0 Å². The van der Waals surface area contributed by atoms with Crippen LogP contribution < -0.4 is 10.1 Å². The van der Waals surface area contributed by atoms with Crippen molar-refractivity contribution in [1.82, 2.24) is 15.3 Å². The van der Waals surface area contributed by atoms with Crippen LogP contribution in [0.2, 0.25) is 0 Å². The Morgan fingerprint density at radius 1 is 1.33 bits per heavy atom. The van der Waals surface area contributed by atoms with Gasteiger partial charge in [-0.05, 0) is 44.2 Å². The fourth-order valence-corrected chi connectivity index (χ4v) is 1.70. The number of hydrogen-bond acceptors (Lipinski definition) is 4. The Hall–Kier alpha value is -2.50. The molecule has 0 saturated heterocycles. The van der Waals surface area contributed by atoms with E-state index in [0.717, 1.165) is 11.4 Å². The van der Waals surface area contributed by atoms with Gasteiger partial charge < -0.3 is 10.1 Å². The number of aromatic nitrogens is 2. The second-order valence-electron chi connectivity index (χ2n) is 4.58. The number of carbonyl (C=O) groups is 1. The Bertz CT molecular complexity index is 617. The van der Waals surface area contributed by atoms with E-state index >= 15 is 0 Å². The molecular formula is C15H16FN3O2. The Labute approximate surface area is 122 Å². The van der Waals surface area contributed by atoms with Gasteiger partial charge in [0.1, 0.15) is 17.9 Å². The van der Waals surface area contributed by atoms with Crippen LogP contribution in [0.3, 0.4) is 0 Å². The molecule has 2 rings (SSSR count). The minimum absolute atomic E-state index is 0.268. The molecule has 2 aromatic rings. The molecule has 1 unspecified atom stereocenters. The largest absolute Gasteiger partial charge is 0.481 e. The zero-order valence-electron chi connectivity index (χ0n) is 11.8. The maximum absolute atomic E-state index is 12.8. The standard InChI is InChI=1S/C15H16FN3O2/c1-10-7-13(19-9-18-10)8-17-15(20)11(2)21-14-5-3-12(16)4-6-14/h3-7,9,11H,8H2,1-2H3,(H,17,20). The number of amides is 1. The fraction of sp³-hybridized carbons (Fsp3) is 0.267. The molecule has 0 aliphatic rings. The van der Waals surface area contributed by atoms with Crippen molar-refractivity contribution in [3.8, 4) is 5.75 Å². The first-order chi connectivity index (χ1) is 10.0. The lowest BCUT2D eigenvalue weighted by atomic mass is 10.3. The van der Waals surface area contributed by atoms with Crippen molar-refractivity contribution in [1.29, 1.82) is 0 Å². The van der Waals surface area contributed by atoms with Gasteiger partial charge in [-0.15, -0.1) is 0 Å². The second-order valence-corrected chi connectivity index (χ2v) is 4.58. The van der Waals surface area contributed by atoms with Crippen LogP contribution in [-0.2, 0) is 11.3 Å². The van der Waals surface area contributed by atoms with Crippen molar-refractivity contribution < 1.29 is 13.9 Å². The van der Waals surface area contributed by atoms with Gasteiger partial charge in [-0.3, -0.25) is 4.79 Å². The molecule has 1 N–H and O–H groups in total.